The lowest BCUT2D eigenvalue weighted by Crippen LogP contribution is -2.38. The summed E-state index contributed by atoms with van der Waals surface area (Å²) in [5.41, 5.74) is -0.722. The van der Waals surface area contributed by atoms with Gasteiger partial charge in [0.1, 0.15) is 0 Å². The van der Waals surface area contributed by atoms with Crippen LogP contribution in [0.2, 0.25) is 0 Å². The van der Waals surface area contributed by atoms with Gasteiger partial charge in [0.05, 0.1) is 28.4 Å². The van der Waals surface area contributed by atoms with E-state index in [9.17, 15) is 26.4 Å². The zero-order valence-corrected chi connectivity index (χ0v) is 16.1. The van der Waals surface area contributed by atoms with Crippen molar-refractivity contribution >= 4 is 21.6 Å². The van der Waals surface area contributed by atoms with Crippen LogP contribution in [0.5, 0.6) is 0 Å². The lowest BCUT2D eigenvalue weighted by Gasteiger charge is -2.31. The van der Waals surface area contributed by atoms with Gasteiger partial charge in [0.2, 0.25) is 5.91 Å². The van der Waals surface area contributed by atoms with Gasteiger partial charge in [-0.05, 0) is 43.2 Å². The maximum atomic E-state index is 12.6. The fraction of sp³-hybridized carbons (Fsp3) is 0.333. The van der Waals surface area contributed by atoms with Crippen molar-refractivity contribution < 1.29 is 26.4 Å². The number of sulfonamides is 1. The van der Waals surface area contributed by atoms with Crippen LogP contribution >= 0.6 is 0 Å². The second-order valence-electron chi connectivity index (χ2n) is 6.60. The van der Waals surface area contributed by atoms with Gasteiger partial charge in [-0.3, -0.25) is 14.2 Å². The van der Waals surface area contributed by atoms with Crippen molar-refractivity contribution in [2.24, 2.45) is 0 Å². The minimum Gasteiger partial charge on any atom is -0.339 e. The first kappa shape index (κ1) is 20.9. The van der Waals surface area contributed by atoms with Gasteiger partial charge in [-0.1, -0.05) is 6.58 Å². The molecule has 1 aliphatic rings. The van der Waals surface area contributed by atoms with Crippen LogP contribution in [-0.2, 0) is 21.0 Å². The number of amides is 1. The molecule has 1 N–H and O–H groups in total. The lowest BCUT2D eigenvalue weighted by molar-refractivity contribution is -0.137. The van der Waals surface area contributed by atoms with E-state index >= 15 is 0 Å². The van der Waals surface area contributed by atoms with Crippen LogP contribution in [0.3, 0.4) is 0 Å². The molecule has 11 heteroatoms. The summed E-state index contributed by atoms with van der Waals surface area (Å²) in [6.45, 7) is 4.55. The standard InChI is InChI=1S/C18H19F3N4O3S/c1-2-17(26)24-9-7-15(8-10-24)25-12-14(11-22-25)23-29(27,28)16-5-3-13(4-6-16)18(19,20)21/h2-6,11-12,15,23H,1,7-10H2. The maximum absolute atomic E-state index is 12.6. The zero-order chi connectivity index (χ0) is 21.2. The van der Waals surface area contributed by atoms with E-state index in [1.54, 1.807) is 9.58 Å². The molecule has 0 spiro atoms. The Kier molecular flexibility index (Phi) is 5.69. The Labute approximate surface area is 165 Å². The van der Waals surface area contributed by atoms with Crippen molar-refractivity contribution in [3.63, 3.8) is 0 Å². The van der Waals surface area contributed by atoms with E-state index in [1.807, 2.05) is 0 Å². The van der Waals surface area contributed by atoms with Crippen LogP contribution in [0.4, 0.5) is 18.9 Å². The fourth-order valence-electron chi connectivity index (χ4n) is 3.11. The first-order chi connectivity index (χ1) is 13.6. The third-order valence-corrected chi connectivity index (χ3v) is 6.07. The third-order valence-electron chi connectivity index (χ3n) is 4.67. The largest absolute Gasteiger partial charge is 0.416 e. The van der Waals surface area contributed by atoms with Crippen molar-refractivity contribution in [3.8, 4) is 0 Å². The first-order valence-electron chi connectivity index (χ1n) is 8.76. The summed E-state index contributed by atoms with van der Waals surface area (Å²) in [6, 6.07) is 3.25. The van der Waals surface area contributed by atoms with Crippen molar-refractivity contribution in [2.45, 2.75) is 30.0 Å². The second-order valence-corrected chi connectivity index (χ2v) is 8.28. The van der Waals surface area contributed by atoms with Crippen molar-refractivity contribution in [2.75, 3.05) is 17.8 Å². The number of nitrogens with zero attached hydrogens (tertiary/aromatic N) is 3. The van der Waals surface area contributed by atoms with E-state index in [1.165, 1.54) is 18.5 Å². The smallest absolute Gasteiger partial charge is 0.339 e. The van der Waals surface area contributed by atoms with Gasteiger partial charge in [0.25, 0.3) is 10.0 Å². The molecular formula is C18H19F3N4O3S. The monoisotopic (exact) mass is 428 g/mol. The minimum atomic E-state index is -4.54. The second kappa shape index (κ2) is 7.90. The molecule has 2 heterocycles. The van der Waals surface area contributed by atoms with E-state index in [-0.39, 0.29) is 22.5 Å². The van der Waals surface area contributed by atoms with Crippen LogP contribution in [0.15, 0.2) is 54.2 Å². The summed E-state index contributed by atoms with van der Waals surface area (Å²) < 4.78 is 66.7. The molecule has 0 radical (unpaired) electrons. The number of hydrogen-bond acceptors (Lipinski definition) is 4. The lowest BCUT2D eigenvalue weighted by atomic mass is 10.1. The molecular weight excluding hydrogens is 409 g/mol. The Hall–Kier alpha value is -2.82. The van der Waals surface area contributed by atoms with E-state index in [2.05, 4.69) is 16.4 Å². The van der Waals surface area contributed by atoms with Gasteiger partial charge >= 0.3 is 6.18 Å². The molecule has 0 bridgehead atoms. The number of benzene rings is 1. The SMILES string of the molecule is C=CC(=O)N1CCC(n2cc(NS(=O)(=O)c3ccc(C(F)(F)F)cc3)cn2)CC1. The number of halogens is 3. The molecule has 0 saturated carbocycles. The van der Waals surface area contributed by atoms with E-state index in [4.69, 9.17) is 0 Å². The van der Waals surface area contributed by atoms with Gasteiger partial charge in [-0.15, -0.1) is 0 Å². The molecule has 7 nitrogen and oxygen atoms in total. The first-order valence-corrected chi connectivity index (χ1v) is 10.2. The Morgan fingerprint density at radius 1 is 1.21 bits per heavy atom. The van der Waals surface area contributed by atoms with Crippen LogP contribution in [-0.4, -0.2) is 42.1 Å². The number of alkyl halides is 3. The number of nitrogens with one attached hydrogen (secondary N) is 1. The van der Waals surface area contributed by atoms with Crippen LogP contribution < -0.4 is 4.72 Å². The van der Waals surface area contributed by atoms with Gasteiger partial charge in [0.15, 0.2) is 0 Å². The average Bonchev–Trinajstić information content (AvgIpc) is 3.14. The molecule has 3 rings (SSSR count). The number of likely N-dealkylation sites (tertiary alicyclic amines) is 1. The summed E-state index contributed by atoms with van der Waals surface area (Å²) in [7, 11) is -4.05. The number of carbonyl (C=O) groups is 1. The predicted octanol–water partition coefficient (Wildman–Crippen LogP) is 3.05. The summed E-state index contributed by atoms with van der Waals surface area (Å²) in [6.07, 6.45) is 0.907. The van der Waals surface area contributed by atoms with Crippen molar-refractivity contribution in [1.82, 2.24) is 14.7 Å². The Morgan fingerprint density at radius 2 is 1.83 bits per heavy atom. The zero-order valence-electron chi connectivity index (χ0n) is 15.3. The molecule has 1 aromatic carbocycles. The average molecular weight is 428 g/mol. The number of aromatic nitrogens is 2. The molecule has 29 heavy (non-hydrogen) atoms. The van der Waals surface area contributed by atoms with Gasteiger partial charge < -0.3 is 4.90 Å². The number of anilines is 1. The third kappa shape index (κ3) is 4.78. The van der Waals surface area contributed by atoms with Gasteiger partial charge in [0, 0.05) is 19.3 Å². The molecule has 0 unspecified atom stereocenters. The van der Waals surface area contributed by atoms with Crippen molar-refractivity contribution in [3.05, 3.63) is 54.9 Å². The highest BCUT2D eigenvalue weighted by molar-refractivity contribution is 7.92. The fourth-order valence-corrected chi connectivity index (χ4v) is 4.14. The predicted molar refractivity (Wildman–Crippen MR) is 99.5 cm³/mol. The molecule has 1 saturated heterocycles. The molecule has 156 valence electrons. The molecule has 0 atom stereocenters. The maximum Gasteiger partial charge on any atom is 0.416 e. The number of hydrogen-bond donors (Lipinski definition) is 1. The highest BCUT2D eigenvalue weighted by atomic mass is 32.2. The Balaban J connectivity index is 1.66. The number of carbonyl (C=O) groups excluding carboxylic acids is 1. The quantitative estimate of drug-likeness (QED) is 0.742. The topological polar surface area (TPSA) is 84.3 Å². The van der Waals surface area contributed by atoms with E-state index < -0.39 is 21.8 Å². The molecule has 1 fully saturated rings. The summed E-state index contributed by atoms with van der Waals surface area (Å²) >= 11 is 0. The van der Waals surface area contributed by atoms with E-state index in [0.29, 0.717) is 25.9 Å². The van der Waals surface area contributed by atoms with Crippen LogP contribution in [0.1, 0.15) is 24.4 Å². The molecule has 1 amide bonds. The van der Waals surface area contributed by atoms with Crippen LogP contribution in [0, 0.1) is 0 Å². The van der Waals surface area contributed by atoms with Crippen molar-refractivity contribution in [1.29, 1.82) is 0 Å². The summed E-state index contributed by atoms with van der Waals surface area (Å²) in [5.74, 6) is -0.131. The Morgan fingerprint density at radius 3 is 2.38 bits per heavy atom. The van der Waals surface area contributed by atoms with Gasteiger partial charge in [-0.2, -0.15) is 18.3 Å². The highest BCUT2D eigenvalue weighted by Gasteiger charge is 2.30. The normalized spacial score (nSPS) is 15.9. The number of rotatable bonds is 5. The summed E-state index contributed by atoms with van der Waals surface area (Å²) in [5, 5.41) is 4.17. The number of piperidine rings is 1. The minimum absolute atomic E-state index is 0.00758. The highest BCUT2D eigenvalue weighted by Crippen LogP contribution is 2.30. The molecule has 0 aliphatic carbocycles. The molecule has 1 aromatic heterocycles. The van der Waals surface area contributed by atoms with E-state index in [0.717, 1.165) is 24.3 Å². The Bertz CT molecular complexity index is 992. The van der Waals surface area contributed by atoms with Crippen LogP contribution in [0.25, 0.3) is 0 Å². The summed E-state index contributed by atoms with van der Waals surface area (Å²) in [4.78, 5) is 13.0. The van der Waals surface area contributed by atoms with Gasteiger partial charge in [-0.25, -0.2) is 8.42 Å². The molecule has 1 aliphatic heterocycles. The molecule has 2 aromatic rings.